The van der Waals surface area contributed by atoms with Gasteiger partial charge in [0.05, 0.1) is 5.69 Å². The van der Waals surface area contributed by atoms with Crippen molar-refractivity contribution in [3.8, 4) is 0 Å². The summed E-state index contributed by atoms with van der Waals surface area (Å²) in [4.78, 5) is 7.12. The minimum Gasteiger partial charge on any atom is -0.312 e. The summed E-state index contributed by atoms with van der Waals surface area (Å²) in [6.45, 7) is 12.1. The van der Waals surface area contributed by atoms with E-state index in [1.54, 1.807) is 0 Å². The molecule has 0 saturated carbocycles. The zero-order valence-electron chi connectivity index (χ0n) is 12.9. The van der Waals surface area contributed by atoms with Gasteiger partial charge in [0.25, 0.3) is 0 Å². The van der Waals surface area contributed by atoms with Crippen LogP contribution in [0.1, 0.15) is 32.0 Å². The monoisotopic (exact) mass is 293 g/mol. The highest BCUT2D eigenvalue weighted by molar-refractivity contribution is 7.99. The van der Waals surface area contributed by atoms with Crippen LogP contribution in [-0.4, -0.2) is 40.5 Å². The van der Waals surface area contributed by atoms with E-state index in [9.17, 15) is 0 Å². The van der Waals surface area contributed by atoms with Crippen LogP contribution >= 0.6 is 11.8 Å². The molecule has 1 aliphatic heterocycles. The summed E-state index contributed by atoms with van der Waals surface area (Å²) >= 11 is 2.08. The van der Waals surface area contributed by atoms with E-state index in [2.05, 4.69) is 59.9 Å². The molecule has 0 radical (unpaired) electrons. The molecule has 1 atom stereocenters. The summed E-state index contributed by atoms with van der Waals surface area (Å²) in [6, 6.07) is 4.39. The third-order valence-corrected chi connectivity index (χ3v) is 4.61. The third-order valence-electron chi connectivity index (χ3n) is 3.48. The summed E-state index contributed by atoms with van der Waals surface area (Å²) in [5, 5.41) is 4.21. The Bertz CT molecular complexity index is 391. The third kappa shape index (κ3) is 5.43. The van der Waals surface area contributed by atoms with Crippen molar-refractivity contribution in [2.45, 2.75) is 39.1 Å². The average molecular weight is 293 g/mol. The first-order valence-corrected chi connectivity index (χ1v) is 8.67. The SMILES string of the molecule is CC(C)CNCc1ccc(CN2CCSC(C)C2)nc1. The number of pyridine rings is 1. The number of nitrogens with zero attached hydrogens (tertiary/aromatic N) is 2. The van der Waals surface area contributed by atoms with Crippen molar-refractivity contribution in [3.05, 3.63) is 29.6 Å². The lowest BCUT2D eigenvalue weighted by Crippen LogP contribution is -2.36. The lowest BCUT2D eigenvalue weighted by molar-refractivity contribution is 0.275. The quantitative estimate of drug-likeness (QED) is 0.873. The van der Waals surface area contributed by atoms with Crippen molar-refractivity contribution in [2.75, 3.05) is 25.4 Å². The topological polar surface area (TPSA) is 28.2 Å². The second-order valence-electron chi connectivity index (χ2n) is 6.10. The Morgan fingerprint density at radius 1 is 1.45 bits per heavy atom. The fourth-order valence-corrected chi connectivity index (χ4v) is 3.50. The summed E-state index contributed by atoms with van der Waals surface area (Å²) in [7, 11) is 0. The Labute approximate surface area is 127 Å². The fraction of sp³-hybridized carbons (Fsp3) is 0.688. The molecule has 2 heterocycles. The van der Waals surface area contributed by atoms with Crippen molar-refractivity contribution >= 4 is 11.8 Å². The second-order valence-corrected chi connectivity index (χ2v) is 7.65. The molecule has 1 fully saturated rings. The van der Waals surface area contributed by atoms with E-state index in [1.807, 2.05) is 6.20 Å². The highest BCUT2D eigenvalue weighted by atomic mass is 32.2. The average Bonchev–Trinajstić information content (AvgIpc) is 2.40. The van der Waals surface area contributed by atoms with Gasteiger partial charge in [0, 0.05) is 43.4 Å². The van der Waals surface area contributed by atoms with Crippen LogP contribution in [0.3, 0.4) is 0 Å². The molecular weight excluding hydrogens is 266 g/mol. The zero-order valence-corrected chi connectivity index (χ0v) is 13.7. The van der Waals surface area contributed by atoms with Gasteiger partial charge in [-0.1, -0.05) is 26.8 Å². The Kier molecular flexibility index (Phi) is 6.33. The molecule has 0 aromatic carbocycles. The number of nitrogens with one attached hydrogen (secondary N) is 1. The molecule has 1 aromatic heterocycles. The molecule has 1 saturated heterocycles. The molecule has 3 nitrogen and oxygen atoms in total. The van der Waals surface area contributed by atoms with E-state index in [4.69, 9.17) is 0 Å². The molecule has 112 valence electrons. The molecule has 20 heavy (non-hydrogen) atoms. The Balaban J connectivity index is 1.79. The van der Waals surface area contributed by atoms with Crippen LogP contribution in [0.5, 0.6) is 0 Å². The maximum atomic E-state index is 4.61. The van der Waals surface area contributed by atoms with Gasteiger partial charge in [-0.25, -0.2) is 0 Å². The van der Waals surface area contributed by atoms with Crippen molar-refractivity contribution in [2.24, 2.45) is 5.92 Å². The highest BCUT2D eigenvalue weighted by Gasteiger charge is 2.16. The first kappa shape index (κ1) is 15.8. The first-order valence-electron chi connectivity index (χ1n) is 7.62. The van der Waals surface area contributed by atoms with E-state index >= 15 is 0 Å². The van der Waals surface area contributed by atoms with Crippen molar-refractivity contribution < 1.29 is 0 Å². The summed E-state index contributed by atoms with van der Waals surface area (Å²) in [6.07, 6.45) is 2.02. The summed E-state index contributed by atoms with van der Waals surface area (Å²) in [5.41, 5.74) is 2.47. The summed E-state index contributed by atoms with van der Waals surface area (Å²) in [5.74, 6) is 1.94. The smallest absolute Gasteiger partial charge is 0.0544 e. The number of rotatable bonds is 6. The molecule has 0 bridgehead atoms. The number of aromatic nitrogens is 1. The van der Waals surface area contributed by atoms with Crippen LogP contribution in [0.2, 0.25) is 0 Å². The number of thioether (sulfide) groups is 1. The number of hydrogen-bond acceptors (Lipinski definition) is 4. The predicted molar refractivity (Wildman–Crippen MR) is 88.0 cm³/mol. The fourth-order valence-electron chi connectivity index (χ4n) is 2.42. The first-order chi connectivity index (χ1) is 9.63. The molecule has 1 unspecified atom stereocenters. The molecule has 1 aliphatic rings. The van der Waals surface area contributed by atoms with Crippen LogP contribution in [0.25, 0.3) is 0 Å². The van der Waals surface area contributed by atoms with E-state index < -0.39 is 0 Å². The molecule has 1 N–H and O–H groups in total. The van der Waals surface area contributed by atoms with Crippen molar-refractivity contribution in [1.82, 2.24) is 15.2 Å². The van der Waals surface area contributed by atoms with Crippen LogP contribution in [-0.2, 0) is 13.1 Å². The minimum absolute atomic E-state index is 0.696. The number of hydrogen-bond donors (Lipinski definition) is 1. The van der Waals surface area contributed by atoms with Crippen LogP contribution < -0.4 is 5.32 Å². The summed E-state index contributed by atoms with van der Waals surface area (Å²) < 4.78 is 0. The molecule has 0 amide bonds. The van der Waals surface area contributed by atoms with E-state index in [0.29, 0.717) is 5.92 Å². The predicted octanol–water partition coefficient (Wildman–Crippen LogP) is 2.76. The van der Waals surface area contributed by atoms with Gasteiger partial charge in [-0.2, -0.15) is 11.8 Å². The Morgan fingerprint density at radius 3 is 2.95 bits per heavy atom. The van der Waals surface area contributed by atoms with Crippen LogP contribution in [0, 0.1) is 5.92 Å². The van der Waals surface area contributed by atoms with Crippen LogP contribution in [0.15, 0.2) is 18.3 Å². The Morgan fingerprint density at radius 2 is 2.30 bits per heavy atom. The van der Waals surface area contributed by atoms with Gasteiger partial charge in [-0.3, -0.25) is 9.88 Å². The van der Waals surface area contributed by atoms with Crippen molar-refractivity contribution in [3.63, 3.8) is 0 Å². The zero-order chi connectivity index (χ0) is 14.4. The molecule has 0 aliphatic carbocycles. The maximum absolute atomic E-state index is 4.61. The standard InChI is InChI=1S/C16H27N3S/c1-13(2)8-17-9-15-4-5-16(18-10-15)12-19-6-7-20-14(3)11-19/h4-5,10,13-14,17H,6-9,11-12H2,1-3H3. The second kappa shape index (κ2) is 8.01. The van der Waals surface area contributed by atoms with Gasteiger partial charge >= 0.3 is 0 Å². The lowest BCUT2D eigenvalue weighted by Gasteiger charge is -2.30. The van der Waals surface area contributed by atoms with Gasteiger partial charge < -0.3 is 5.32 Å². The van der Waals surface area contributed by atoms with Gasteiger partial charge in [-0.05, 0) is 24.1 Å². The molecule has 2 rings (SSSR count). The van der Waals surface area contributed by atoms with Gasteiger partial charge in [0.15, 0.2) is 0 Å². The van der Waals surface area contributed by atoms with E-state index in [-0.39, 0.29) is 0 Å². The molecule has 0 spiro atoms. The lowest BCUT2D eigenvalue weighted by atomic mass is 10.2. The normalized spacial score (nSPS) is 20.5. The minimum atomic E-state index is 0.696. The van der Waals surface area contributed by atoms with E-state index in [1.165, 1.54) is 30.1 Å². The van der Waals surface area contributed by atoms with E-state index in [0.717, 1.165) is 24.9 Å². The maximum Gasteiger partial charge on any atom is 0.0544 e. The highest BCUT2D eigenvalue weighted by Crippen LogP contribution is 2.19. The van der Waals surface area contributed by atoms with Gasteiger partial charge in [0.1, 0.15) is 0 Å². The van der Waals surface area contributed by atoms with Gasteiger partial charge in [0.2, 0.25) is 0 Å². The molecule has 4 heteroatoms. The largest absolute Gasteiger partial charge is 0.312 e. The Hall–Kier alpha value is -0.580. The molecule has 1 aromatic rings. The van der Waals surface area contributed by atoms with Crippen LogP contribution in [0.4, 0.5) is 0 Å². The van der Waals surface area contributed by atoms with Gasteiger partial charge in [-0.15, -0.1) is 0 Å². The van der Waals surface area contributed by atoms with Crippen molar-refractivity contribution in [1.29, 1.82) is 0 Å². The molecular formula is C16H27N3S.